The van der Waals surface area contributed by atoms with Gasteiger partial charge in [-0.1, -0.05) is 36.4 Å². The van der Waals surface area contributed by atoms with E-state index in [-0.39, 0.29) is 18.1 Å². The average Bonchev–Trinajstić information content (AvgIpc) is 3.59. The van der Waals surface area contributed by atoms with Gasteiger partial charge in [0.1, 0.15) is 5.60 Å². The van der Waals surface area contributed by atoms with E-state index in [2.05, 4.69) is 10.3 Å². The SMILES string of the molecule is O=C(NCCc1c[nH]c2ccccc12)[C@H]1[C@H]2C(=O)N(c3cccc(C(F)(F)F)c3)C[C@]23C=C[C@H]1O3. The van der Waals surface area contributed by atoms with Crippen LogP contribution in [0, 0.1) is 11.8 Å². The number of carbonyl (C=O) groups excluding carboxylic acids is 2. The molecule has 4 atom stereocenters. The minimum absolute atomic E-state index is 0.0733. The summed E-state index contributed by atoms with van der Waals surface area (Å²) in [5.41, 5.74) is 0.412. The molecule has 6 rings (SSSR count). The van der Waals surface area contributed by atoms with E-state index < -0.39 is 41.2 Å². The van der Waals surface area contributed by atoms with Gasteiger partial charge in [0.05, 0.1) is 30.0 Å². The van der Waals surface area contributed by atoms with Gasteiger partial charge in [-0.3, -0.25) is 9.59 Å². The molecule has 4 heterocycles. The Hall–Kier alpha value is -3.59. The molecule has 3 aliphatic rings. The van der Waals surface area contributed by atoms with Gasteiger partial charge >= 0.3 is 6.18 Å². The highest BCUT2D eigenvalue weighted by atomic mass is 19.4. The Labute approximate surface area is 198 Å². The van der Waals surface area contributed by atoms with E-state index in [1.165, 1.54) is 17.0 Å². The second-order valence-electron chi connectivity index (χ2n) is 9.27. The van der Waals surface area contributed by atoms with Crippen molar-refractivity contribution in [3.8, 4) is 0 Å². The van der Waals surface area contributed by atoms with Crippen molar-refractivity contribution < 1.29 is 27.5 Å². The van der Waals surface area contributed by atoms with Crippen LogP contribution in [-0.2, 0) is 26.9 Å². The third-order valence-corrected chi connectivity index (χ3v) is 7.26. The zero-order valence-electron chi connectivity index (χ0n) is 18.5. The summed E-state index contributed by atoms with van der Waals surface area (Å²) in [6, 6.07) is 12.6. The normalized spacial score (nSPS) is 27.1. The first kappa shape index (κ1) is 21.9. The fourth-order valence-electron chi connectivity index (χ4n) is 5.64. The highest BCUT2D eigenvalue weighted by Crippen LogP contribution is 2.52. The minimum Gasteiger partial charge on any atom is -0.361 e. The zero-order chi connectivity index (χ0) is 24.4. The molecule has 2 aromatic carbocycles. The molecule has 3 aliphatic heterocycles. The standard InChI is InChI=1S/C26H22F3N3O3/c27-26(28,29)16-4-3-5-17(12-16)32-14-25-10-8-20(35-25)21(22(25)24(32)34)23(33)30-11-9-15-13-31-19-7-2-1-6-18(15)19/h1-8,10,12-13,20-22,31H,9,11,14H2,(H,30,33)/t20-,21-,22+,25-/m1/s1. The Balaban J connectivity index is 1.19. The molecule has 1 aromatic heterocycles. The Bertz CT molecular complexity index is 1360. The highest BCUT2D eigenvalue weighted by molar-refractivity contribution is 6.03. The van der Waals surface area contributed by atoms with Crippen LogP contribution in [0.2, 0.25) is 0 Å². The number of para-hydroxylation sites is 1. The first-order valence-electron chi connectivity index (χ1n) is 11.5. The number of fused-ring (bicyclic) bond motifs is 2. The van der Waals surface area contributed by atoms with E-state index in [1.807, 2.05) is 30.5 Å². The number of hydrogen-bond donors (Lipinski definition) is 2. The average molecular weight is 481 g/mol. The number of aromatic nitrogens is 1. The number of ether oxygens (including phenoxy) is 1. The monoisotopic (exact) mass is 481 g/mol. The zero-order valence-corrected chi connectivity index (χ0v) is 18.5. The lowest BCUT2D eigenvalue weighted by atomic mass is 9.77. The van der Waals surface area contributed by atoms with Crippen molar-refractivity contribution in [2.75, 3.05) is 18.0 Å². The molecule has 180 valence electrons. The second-order valence-corrected chi connectivity index (χ2v) is 9.27. The van der Waals surface area contributed by atoms with E-state index >= 15 is 0 Å². The number of halogens is 3. The minimum atomic E-state index is -4.52. The van der Waals surface area contributed by atoms with Crippen LogP contribution in [0.25, 0.3) is 10.9 Å². The van der Waals surface area contributed by atoms with Gasteiger partial charge in [0.2, 0.25) is 11.8 Å². The lowest BCUT2D eigenvalue weighted by Crippen LogP contribution is -2.44. The van der Waals surface area contributed by atoms with Crippen molar-refractivity contribution in [1.82, 2.24) is 10.3 Å². The van der Waals surface area contributed by atoms with Crippen LogP contribution < -0.4 is 10.2 Å². The van der Waals surface area contributed by atoms with Gasteiger partial charge in [-0.2, -0.15) is 13.2 Å². The molecule has 3 aromatic rings. The Morgan fingerprint density at radius 3 is 2.86 bits per heavy atom. The van der Waals surface area contributed by atoms with E-state index in [0.717, 1.165) is 28.6 Å². The predicted molar refractivity (Wildman–Crippen MR) is 123 cm³/mol. The third kappa shape index (κ3) is 3.44. The summed E-state index contributed by atoms with van der Waals surface area (Å²) < 4.78 is 45.7. The highest BCUT2D eigenvalue weighted by Gasteiger charge is 2.67. The van der Waals surface area contributed by atoms with Crippen molar-refractivity contribution in [1.29, 1.82) is 0 Å². The molecule has 9 heteroatoms. The van der Waals surface area contributed by atoms with Crippen LogP contribution in [0.15, 0.2) is 66.9 Å². The van der Waals surface area contributed by atoms with Crippen LogP contribution in [0.1, 0.15) is 11.1 Å². The molecule has 6 nitrogen and oxygen atoms in total. The van der Waals surface area contributed by atoms with Gasteiger partial charge in [0.15, 0.2) is 0 Å². The Morgan fingerprint density at radius 2 is 2.03 bits per heavy atom. The lowest BCUT2D eigenvalue weighted by Gasteiger charge is -2.23. The molecule has 2 N–H and O–H groups in total. The van der Waals surface area contributed by atoms with Crippen molar-refractivity contribution in [2.45, 2.75) is 24.3 Å². The number of alkyl halides is 3. The van der Waals surface area contributed by atoms with E-state index in [4.69, 9.17) is 4.74 Å². The summed E-state index contributed by atoms with van der Waals surface area (Å²) >= 11 is 0. The molecular formula is C26H22F3N3O3. The maximum absolute atomic E-state index is 13.4. The number of nitrogens with zero attached hydrogens (tertiary/aromatic N) is 1. The summed E-state index contributed by atoms with van der Waals surface area (Å²) in [5, 5.41) is 4.03. The van der Waals surface area contributed by atoms with E-state index in [0.29, 0.717) is 13.0 Å². The second kappa shape index (κ2) is 7.71. The van der Waals surface area contributed by atoms with Crippen molar-refractivity contribution >= 4 is 28.4 Å². The van der Waals surface area contributed by atoms with Crippen LogP contribution in [0.4, 0.5) is 18.9 Å². The van der Waals surface area contributed by atoms with Crippen molar-refractivity contribution in [3.05, 3.63) is 78.0 Å². The van der Waals surface area contributed by atoms with Crippen LogP contribution >= 0.6 is 0 Å². The summed E-state index contributed by atoms with van der Waals surface area (Å²) in [6.45, 7) is 0.461. The first-order chi connectivity index (χ1) is 16.8. The first-order valence-corrected chi connectivity index (χ1v) is 11.5. The predicted octanol–water partition coefficient (Wildman–Crippen LogP) is 3.83. The number of amides is 2. The fourth-order valence-corrected chi connectivity index (χ4v) is 5.64. The molecule has 1 spiro atoms. The van der Waals surface area contributed by atoms with Gasteiger partial charge in [-0.25, -0.2) is 0 Å². The number of carbonyl (C=O) groups is 2. The number of nitrogens with one attached hydrogen (secondary N) is 2. The van der Waals surface area contributed by atoms with E-state index in [1.54, 1.807) is 12.2 Å². The molecule has 0 radical (unpaired) electrons. The molecule has 0 unspecified atom stereocenters. The molecule has 2 amide bonds. The van der Waals surface area contributed by atoms with Crippen LogP contribution in [0.5, 0.6) is 0 Å². The lowest BCUT2D eigenvalue weighted by molar-refractivity contribution is -0.137. The number of hydrogen-bond acceptors (Lipinski definition) is 3. The smallest absolute Gasteiger partial charge is 0.361 e. The molecule has 0 aliphatic carbocycles. The topological polar surface area (TPSA) is 74.4 Å². The number of benzene rings is 2. The maximum Gasteiger partial charge on any atom is 0.416 e. The summed E-state index contributed by atoms with van der Waals surface area (Å²) in [6.07, 6.45) is 1.05. The number of aromatic amines is 1. The van der Waals surface area contributed by atoms with Gasteiger partial charge < -0.3 is 19.9 Å². The Kier molecular flexibility index (Phi) is 4.83. The van der Waals surface area contributed by atoms with Gasteiger partial charge in [0, 0.05) is 29.3 Å². The summed E-state index contributed by atoms with van der Waals surface area (Å²) in [5.74, 6) is -2.19. The van der Waals surface area contributed by atoms with Gasteiger partial charge in [-0.05, 0) is 36.2 Å². The molecule has 2 fully saturated rings. The summed E-state index contributed by atoms with van der Waals surface area (Å²) in [4.78, 5) is 31.1. The molecule has 2 saturated heterocycles. The number of anilines is 1. The summed E-state index contributed by atoms with van der Waals surface area (Å²) in [7, 11) is 0. The van der Waals surface area contributed by atoms with E-state index in [9.17, 15) is 22.8 Å². The molecular weight excluding hydrogens is 459 g/mol. The molecule has 35 heavy (non-hydrogen) atoms. The van der Waals surface area contributed by atoms with Crippen LogP contribution in [-0.4, -0.2) is 41.6 Å². The largest absolute Gasteiger partial charge is 0.416 e. The van der Waals surface area contributed by atoms with Gasteiger partial charge in [-0.15, -0.1) is 0 Å². The van der Waals surface area contributed by atoms with Crippen molar-refractivity contribution in [3.63, 3.8) is 0 Å². The number of H-pyrrole nitrogens is 1. The molecule has 2 bridgehead atoms. The van der Waals surface area contributed by atoms with Crippen LogP contribution in [0.3, 0.4) is 0 Å². The third-order valence-electron chi connectivity index (χ3n) is 7.26. The maximum atomic E-state index is 13.4. The molecule has 0 saturated carbocycles. The van der Waals surface area contributed by atoms with Gasteiger partial charge in [0.25, 0.3) is 0 Å². The quantitative estimate of drug-likeness (QED) is 0.544. The number of rotatable bonds is 5. The van der Waals surface area contributed by atoms with Crippen molar-refractivity contribution in [2.24, 2.45) is 11.8 Å². The fraction of sp³-hybridized carbons (Fsp3) is 0.308. The Morgan fingerprint density at radius 1 is 1.20 bits per heavy atom.